The quantitative estimate of drug-likeness (QED) is 0.161. The van der Waals surface area contributed by atoms with Gasteiger partial charge in [0, 0.05) is 19.4 Å². The number of methoxy groups -OCH3 is 2. The van der Waals surface area contributed by atoms with E-state index < -0.39 is 49.7 Å². The van der Waals surface area contributed by atoms with Crippen LogP contribution in [-0.2, 0) is 24.2 Å². The van der Waals surface area contributed by atoms with Crippen molar-refractivity contribution in [1.82, 2.24) is 9.55 Å². The van der Waals surface area contributed by atoms with Gasteiger partial charge in [-0.25, -0.2) is 4.79 Å². The second kappa shape index (κ2) is 13.5. The fraction of sp³-hybridized carbons (Fsp3) is 0.389. The van der Waals surface area contributed by atoms with E-state index in [1.54, 1.807) is 14.2 Å². The number of benzene rings is 3. The second-order valence-electron chi connectivity index (χ2n) is 13.1. The molecule has 1 aliphatic rings. The van der Waals surface area contributed by atoms with Crippen molar-refractivity contribution in [2.45, 2.75) is 69.0 Å². The van der Waals surface area contributed by atoms with Gasteiger partial charge < -0.3 is 23.4 Å². The third-order valence-corrected chi connectivity index (χ3v) is 13.8. The summed E-state index contributed by atoms with van der Waals surface area (Å²) in [6.45, 7) is 11.1. The highest BCUT2D eigenvalue weighted by atomic mass is 28.4. The van der Waals surface area contributed by atoms with Gasteiger partial charge in [0.25, 0.3) is 5.56 Å². The van der Waals surface area contributed by atoms with E-state index in [2.05, 4.69) is 38.8 Å². The first kappa shape index (κ1) is 33.6. The minimum Gasteiger partial charge on any atom is -0.497 e. The Bertz CT molecular complexity index is 1660. The zero-order valence-corrected chi connectivity index (χ0v) is 28.6. The topological polar surface area (TPSA) is 101 Å². The summed E-state index contributed by atoms with van der Waals surface area (Å²) in [6.07, 6.45) is -1.57. The third-order valence-electron chi connectivity index (χ3n) is 9.27. The van der Waals surface area contributed by atoms with Crippen molar-refractivity contribution >= 4 is 8.32 Å². The molecule has 4 aromatic rings. The van der Waals surface area contributed by atoms with Gasteiger partial charge in [-0.15, -0.1) is 0 Å². The molecule has 1 saturated heterocycles. The first-order valence-electron chi connectivity index (χ1n) is 15.5. The van der Waals surface area contributed by atoms with E-state index >= 15 is 0 Å². The lowest BCUT2D eigenvalue weighted by Gasteiger charge is -2.41. The lowest BCUT2D eigenvalue weighted by atomic mass is 9.79. The van der Waals surface area contributed by atoms with Crippen molar-refractivity contribution in [3.63, 3.8) is 0 Å². The maximum atomic E-state index is 13.1. The molecular weight excluding hydrogens is 600 g/mol. The molecule has 0 bridgehead atoms. The number of hydrogen-bond donors (Lipinski definition) is 1. The molecule has 0 aliphatic carbocycles. The van der Waals surface area contributed by atoms with E-state index in [1.165, 1.54) is 16.8 Å². The summed E-state index contributed by atoms with van der Waals surface area (Å²) in [6, 6.07) is 29.2. The van der Waals surface area contributed by atoms with Gasteiger partial charge in [-0.3, -0.25) is 14.3 Å². The maximum Gasteiger partial charge on any atom is 0.330 e. The summed E-state index contributed by atoms with van der Waals surface area (Å²) in [5.41, 5.74) is 0.445. The highest BCUT2D eigenvalue weighted by molar-refractivity contribution is 6.74. The lowest BCUT2D eigenvalue weighted by molar-refractivity contribution is -0.117. The molecule has 0 amide bonds. The van der Waals surface area contributed by atoms with Crippen LogP contribution in [0.1, 0.15) is 43.7 Å². The third kappa shape index (κ3) is 6.54. The Morgan fingerprint density at radius 3 is 1.87 bits per heavy atom. The first-order valence-corrected chi connectivity index (χ1v) is 18.4. The molecule has 9 nitrogen and oxygen atoms in total. The van der Waals surface area contributed by atoms with Crippen LogP contribution < -0.4 is 16.0 Å². The smallest absolute Gasteiger partial charge is 0.330 e. The maximum absolute atomic E-state index is 13.1. The molecule has 0 radical (unpaired) electrons. The van der Waals surface area contributed by atoms with Gasteiger partial charge in [0.1, 0.15) is 29.7 Å². The molecule has 4 atom stereocenters. The van der Waals surface area contributed by atoms with Gasteiger partial charge in [-0.1, -0.05) is 93.6 Å². The van der Waals surface area contributed by atoms with Crippen molar-refractivity contribution < 1.29 is 23.4 Å². The number of aromatic nitrogens is 2. The lowest BCUT2D eigenvalue weighted by Crippen LogP contribution is -2.48. The zero-order chi connectivity index (χ0) is 33.1. The van der Waals surface area contributed by atoms with E-state index in [-0.39, 0.29) is 11.6 Å². The molecule has 2 heterocycles. The van der Waals surface area contributed by atoms with Crippen LogP contribution in [0.3, 0.4) is 0 Å². The fourth-order valence-corrected chi connectivity index (χ4v) is 6.69. The summed E-state index contributed by atoms with van der Waals surface area (Å²) in [4.78, 5) is 27.4. The average molecular weight is 645 g/mol. The van der Waals surface area contributed by atoms with E-state index in [4.69, 9.17) is 23.4 Å². The van der Waals surface area contributed by atoms with Crippen LogP contribution >= 0.6 is 0 Å². The predicted octanol–water partition coefficient (Wildman–Crippen LogP) is 5.86. The molecule has 0 saturated carbocycles. The second-order valence-corrected chi connectivity index (χ2v) is 17.9. The van der Waals surface area contributed by atoms with E-state index in [1.807, 2.05) is 84.9 Å². The number of hydrogen-bond acceptors (Lipinski definition) is 7. The number of nitrogens with zero attached hydrogens (tertiary/aromatic N) is 1. The van der Waals surface area contributed by atoms with Gasteiger partial charge in [-0.05, 0) is 47.0 Å². The van der Waals surface area contributed by atoms with Gasteiger partial charge in [0.15, 0.2) is 14.5 Å². The molecule has 1 aromatic heterocycles. The van der Waals surface area contributed by atoms with Crippen LogP contribution in [0.4, 0.5) is 0 Å². The fourth-order valence-electron chi connectivity index (χ4n) is 5.67. The standard InChI is InChI=1S/C36H44N2O7Si/c1-35(2,3)46(6,7)43-24-29-31(32(42-5)33(44-29)38-23-22-30(39)37-34(38)40)45-36(25-14-10-8-11-15-25,26-16-12-9-13-17-26)27-18-20-28(41-4)21-19-27/h8-23,29,31-33H,24H2,1-7H3,(H,37,39,40)/t29-,31-,32-,33-/m1/s1. The van der Waals surface area contributed by atoms with Gasteiger partial charge >= 0.3 is 5.69 Å². The molecule has 10 heteroatoms. The van der Waals surface area contributed by atoms with Crippen molar-refractivity contribution in [3.05, 3.63) is 135 Å². The highest BCUT2D eigenvalue weighted by Gasteiger charge is 2.53. The minimum absolute atomic E-state index is 0.0429. The minimum atomic E-state index is -2.22. The van der Waals surface area contributed by atoms with Crippen LogP contribution in [0.25, 0.3) is 0 Å². The predicted molar refractivity (Wildman–Crippen MR) is 180 cm³/mol. The molecule has 1 fully saturated rings. The van der Waals surface area contributed by atoms with E-state index in [9.17, 15) is 9.59 Å². The number of nitrogens with one attached hydrogen (secondary N) is 1. The van der Waals surface area contributed by atoms with E-state index in [0.29, 0.717) is 0 Å². The summed E-state index contributed by atoms with van der Waals surface area (Å²) < 4.78 is 33.8. The summed E-state index contributed by atoms with van der Waals surface area (Å²) in [7, 11) is 0.990. The number of aromatic amines is 1. The molecule has 244 valence electrons. The molecular formula is C36H44N2O7Si. The first-order chi connectivity index (χ1) is 21.9. The van der Waals surface area contributed by atoms with Gasteiger partial charge in [0.2, 0.25) is 0 Å². The zero-order valence-electron chi connectivity index (χ0n) is 27.6. The number of ether oxygens (including phenoxy) is 4. The van der Waals surface area contributed by atoms with Crippen LogP contribution in [-0.4, -0.2) is 57.0 Å². The molecule has 1 aliphatic heterocycles. The summed E-state index contributed by atoms with van der Waals surface area (Å²) in [5.74, 6) is 0.718. The van der Waals surface area contributed by atoms with Gasteiger partial charge in [0.05, 0.1) is 13.7 Å². The summed E-state index contributed by atoms with van der Waals surface area (Å²) >= 11 is 0. The van der Waals surface area contributed by atoms with E-state index in [0.717, 1.165) is 22.4 Å². The molecule has 5 rings (SSSR count). The Balaban J connectivity index is 1.70. The highest BCUT2D eigenvalue weighted by Crippen LogP contribution is 2.46. The van der Waals surface area contributed by atoms with Crippen molar-refractivity contribution in [1.29, 1.82) is 0 Å². The Hall–Kier alpha value is -3.80. The summed E-state index contributed by atoms with van der Waals surface area (Å²) in [5, 5.41) is -0.0429. The molecule has 3 aromatic carbocycles. The molecule has 0 unspecified atom stereocenters. The molecule has 0 spiro atoms. The Kier molecular flexibility index (Phi) is 9.85. The van der Waals surface area contributed by atoms with Crippen LogP contribution in [0.2, 0.25) is 18.1 Å². The largest absolute Gasteiger partial charge is 0.497 e. The number of H-pyrrole nitrogens is 1. The van der Waals surface area contributed by atoms with Crippen molar-refractivity contribution in [2.75, 3.05) is 20.8 Å². The van der Waals surface area contributed by atoms with Crippen molar-refractivity contribution in [3.8, 4) is 5.75 Å². The normalized spacial score (nSPS) is 20.5. The monoisotopic (exact) mass is 644 g/mol. The van der Waals surface area contributed by atoms with Crippen molar-refractivity contribution in [2.24, 2.45) is 0 Å². The van der Waals surface area contributed by atoms with Crippen LogP contribution in [0, 0.1) is 0 Å². The SMILES string of the molecule is COc1ccc(C(O[C@H]2[C@@H](OC)[C@H](n3ccc(=O)[nH]c3=O)O[C@@H]2CO[Si](C)(C)C(C)(C)C)(c2ccccc2)c2ccccc2)cc1. The van der Waals surface area contributed by atoms with Crippen LogP contribution in [0.5, 0.6) is 5.75 Å². The Labute approximate surface area is 271 Å². The molecule has 1 N–H and O–H groups in total. The Morgan fingerprint density at radius 1 is 0.804 bits per heavy atom. The molecule has 46 heavy (non-hydrogen) atoms. The average Bonchev–Trinajstić information content (AvgIpc) is 3.39. The number of rotatable bonds is 11. The van der Waals surface area contributed by atoms with Crippen LogP contribution in [0.15, 0.2) is 107 Å². The Morgan fingerprint density at radius 2 is 1.37 bits per heavy atom. The van der Waals surface area contributed by atoms with Gasteiger partial charge in [-0.2, -0.15) is 0 Å².